The minimum absolute atomic E-state index is 0.162. The maximum atomic E-state index is 12.3. The molecule has 1 fully saturated rings. The fourth-order valence-corrected chi connectivity index (χ4v) is 5.96. The van der Waals surface area contributed by atoms with Gasteiger partial charge in [0.15, 0.2) is 0 Å². The molecule has 1 aliphatic rings. The molecule has 0 bridgehead atoms. The van der Waals surface area contributed by atoms with Gasteiger partial charge in [0.2, 0.25) is 10.0 Å². The Bertz CT molecular complexity index is 516. The summed E-state index contributed by atoms with van der Waals surface area (Å²) in [5, 5.41) is 1.01. The average Bonchev–Trinajstić information content (AvgIpc) is 3.00. The van der Waals surface area contributed by atoms with E-state index in [0.717, 1.165) is 18.0 Å². The highest BCUT2D eigenvalue weighted by molar-refractivity contribution is 7.89. The number of benzene rings is 1. The number of rotatable bonds is 4. The molecule has 3 nitrogen and oxygen atoms in total. The molecule has 94 valence electrons. The molecule has 0 aliphatic heterocycles. The highest BCUT2D eigenvalue weighted by Gasteiger charge is 2.31. The van der Waals surface area contributed by atoms with Crippen molar-refractivity contribution in [3.05, 3.63) is 24.3 Å². The molecule has 0 unspecified atom stereocenters. The molecule has 0 spiro atoms. The Kier molecular flexibility index (Phi) is 3.18. The Morgan fingerprint density at radius 1 is 1.18 bits per heavy atom. The van der Waals surface area contributed by atoms with Crippen LogP contribution >= 0.6 is 0 Å². The molecule has 0 atom stereocenters. The standard InChI is InChI=1S/C12H19NO2SSi/c1-17(2,3)12-7-5-4-6-11(12)16(14,15)13-10-8-9-10/h4-7,10,13H,8-9H2,1-3H3. The molecule has 5 heteroatoms. The zero-order chi connectivity index (χ0) is 12.7. The first kappa shape index (κ1) is 12.8. The third-order valence-corrected chi connectivity index (χ3v) is 6.70. The van der Waals surface area contributed by atoms with E-state index < -0.39 is 18.1 Å². The normalized spacial score (nSPS) is 17.1. The van der Waals surface area contributed by atoms with E-state index >= 15 is 0 Å². The number of sulfonamides is 1. The SMILES string of the molecule is C[Si](C)(C)c1ccccc1S(=O)(=O)NC1CC1. The molecular formula is C12H19NO2SSi. The van der Waals surface area contributed by atoms with Gasteiger partial charge in [0.1, 0.15) is 0 Å². The van der Waals surface area contributed by atoms with E-state index in [0.29, 0.717) is 4.90 Å². The summed E-state index contributed by atoms with van der Waals surface area (Å²) in [6.45, 7) is 6.50. The molecule has 1 aromatic rings. The Labute approximate surface area is 104 Å². The number of nitrogens with one attached hydrogen (secondary N) is 1. The first-order valence-corrected chi connectivity index (χ1v) is 10.9. The second kappa shape index (κ2) is 4.22. The fourth-order valence-electron chi connectivity index (χ4n) is 1.80. The predicted molar refractivity (Wildman–Crippen MR) is 72.8 cm³/mol. The van der Waals surface area contributed by atoms with Crippen LogP contribution in [-0.4, -0.2) is 22.5 Å². The van der Waals surface area contributed by atoms with Crippen LogP contribution in [-0.2, 0) is 10.0 Å². The van der Waals surface area contributed by atoms with E-state index in [2.05, 4.69) is 24.4 Å². The lowest BCUT2D eigenvalue weighted by atomic mass is 10.4. The van der Waals surface area contributed by atoms with Crippen LogP contribution in [0.1, 0.15) is 12.8 Å². The molecule has 1 saturated carbocycles. The molecule has 0 amide bonds. The molecule has 1 aliphatic carbocycles. The summed E-state index contributed by atoms with van der Waals surface area (Å²) >= 11 is 0. The molecule has 1 N–H and O–H groups in total. The van der Waals surface area contributed by atoms with E-state index in [9.17, 15) is 8.42 Å². The van der Waals surface area contributed by atoms with Crippen LogP contribution in [0.15, 0.2) is 29.2 Å². The molecular weight excluding hydrogens is 250 g/mol. The highest BCUT2D eigenvalue weighted by Crippen LogP contribution is 2.22. The second-order valence-electron chi connectivity index (χ2n) is 5.64. The molecule has 0 saturated heterocycles. The zero-order valence-electron chi connectivity index (χ0n) is 10.5. The van der Waals surface area contributed by atoms with Gasteiger partial charge >= 0.3 is 0 Å². The van der Waals surface area contributed by atoms with Crippen molar-refractivity contribution in [2.45, 2.75) is 43.4 Å². The van der Waals surface area contributed by atoms with Crippen LogP contribution in [0.2, 0.25) is 19.6 Å². The van der Waals surface area contributed by atoms with Crippen molar-refractivity contribution in [1.82, 2.24) is 4.72 Å². The van der Waals surface area contributed by atoms with Gasteiger partial charge in [-0.1, -0.05) is 37.8 Å². The largest absolute Gasteiger partial charge is 0.240 e. The van der Waals surface area contributed by atoms with Crippen molar-refractivity contribution < 1.29 is 8.42 Å². The monoisotopic (exact) mass is 269 g/mol. The first-order chi connectivity index (χ1) is 7.81. The maximum Gasteiger partial charge on any atom is 0.240 e. The zero-order valence-corrected chi connectivity index (χ0v) is 12.3. The number of hydrogen-bond donors (Lipinski definition) is 1. The van der Waals surface area contributed by atoms with Crippen LogP contribution in [0, 0.1) is 0 Å². The molecule has 2 rings (SSSR count). The van der Waals surface area contributed by atoms with Gasteiger partial charge in [0.25, 0.3) is 0 Å². The molecule has 0 radical (unpaired) electrons. The van der Waals surface area contributed by atoms with Crippen molar-refractivity contribution in [2.24, 2.45) is 0 Å². The number of hydrogen-bond acceptors (Lipinski definition) is 2. The maximum absolute atomic E-state index is 12.3. The van der Waals surface area contributed by atoms with Gasteiger partial charge in [-0.05, 0) is 24.1 Å². The Balaban J connectivity index is 2.44. The summed E-state index contributed by atoms with van der Waals surface area (Å²) in [5.41, 5.74) is 0. The second-order valence-corrected chi connectivity index (χ2v) is 12.4. The molecule has 0 heterocycles. The third-order valence-electron chi connectivity index (χ3n) is 2.88. The minimum Gasteiger partial charge on any atom is -0.208 e. The van der Waals surface area contributed by atoms with Gasteiger partial charge in [-0.3, -0.25) is 0 Å². The summed E-state index contributed by atoms with van der Waals surface area (Å²) in [6, 6.07) is 7.55. The summed E-state index contributed by atoms with van der Waals surface area (Å²) in [7, 11) is -4.96. The minimum atomic E-state index is -3.33. The summed E-state index contributed by atoms with van der Waals surface area (Å²) in [6.07, 6.45) is 1.93. The van der Waals surface area contributed by atoms with Gasteiger partial charge in [0, 0.05) is 6.04 Å². The van der Waals surface area contributed by atoms with Crippen LogP contribution in [0.5, 0.6) is 0 Å². The molecule has 17 heavy (non-hydrogen) atoms. The van der Waals surface area contributed by atoms with Gasteiger partial charge in [-0.2, -0.15) is 0 Å². The van der Waals surface area contributed by atoms with Crippen LogP contribution < -0.4 is 9.91 Å². The summed E-state index contributed by atoms with van der Waals surface area (Å²) < 4.78 is 27.3. The van der Waals surface area contributed by atoms with Gasteiger partial charge in [-0.25, -0.2) is 13.1 Å². The first-order valence-electron chi connectivity index (χ1n) is 5.92. The highest BCUT2D eigenvalue weighted by atomic mass is 32.2. The Morgan fingerprint density at radius 2 is 1.76 bits per heavy atom. The predicted octanol–water partition coefficient (Wildman–Crippen LogP) is 1.67. The smallest absolute Gasteiger partial charge is 0.208 e. The quantitative estimate of drug-likeness (QED) is 0.845. The fraction of sp³-hybridized carbons (Fsp3) is 0.500. The van der Waals surface area contributed by atoms with E-state index in [4.69, 9.17) is 0 Å². The van der Waals surface area contributed by atoms with Crippen molar-refractivity contribution in [2.75, 3.05) is 0 Å². The van der Waals surface area contributed by atoms with Crippen molar-refractivity contribution in [3.63, 3.8) is 0 Å². The lowest BCUT2D eigenvalue weighted by Crippen LogP contribution is -2.43. The van der Waals surface area contributed by atoms with E-state index in [-0.39, 0.29) is 6.04 Å². The van der Waals surface area contributed by atoms with Crippen molar-refractivity contribution in [1.29, 1.82) is 0 Å². The van der Waals surface area contributed by atoms with Crippen molar-refractivity contribution in [3.8, 4) is 0 Å². The molecule has 0 aromatic heterocycles. The van der Waals surface area contributed by atoms with Gasteiger partial charge < -0.3 is 0 Å². The molecule has 1 aromatic carbocycles. The third kappa shape index (κ3) is 2.97. The Morgan fingerprint density at radius 3 is 2.29 bits per heavy atom. The Hall–Kier alpha value is -0.653. The topological polar surface area (TPSA) is 46.2 Å². The van der Waals surface area contributed by atoms with E-state index in [1.54, 1.807) is 12.1 Å². The van der Waals surface area contributed by atoms with Crippen LogP contribution in [0.4, 0.5) is 0 Å². The van der Waals surface area contributed by atoms with Crippen molar-refractivity contribution >= 4 is 23.3 Å². The van der Waals surface area contributed by atoms with E-state index in [1.807, 2.05) is 12.1 Å². The van der Waals surface area contributed by atoms with E-state index in [1.165, 1.54) is 0 Å². The van der Waals surface area contributed by atoms with Gasteiger partial charge in [0.05, 0.1) is 13.0 Å². The van der Waals surface area contributed by atoms with Crippen LogP contribution in [0.3, 0.4) is 0 Å². The van der Waals surface area contributed by atoms with Crippen LogP contribution in [0.25, 0.3) is 0 Å². The van der Waals surface area contributed by atoms with Gasteiger partial charge in [-0.15, -0.1) is 0 Å². The lowest BCUT2D eigenvalue weighted by molar-refractivity contribution is 0.581. The average molecular weight is 269 g/mol. The summed E-state index contributed by atoms with van der Waals surface area (Å²) in [5.74, 6) is 0. The lowest BCUT2D eigenvalue weighted by Gasteiger charge is -2.20. The summed E-state index contributed by atoms with van der Waals surface area (Å²) in [4.78, 5) is 0.478.